The molecule has 20 heavy (non-hydrogen) atoms. The van der Waals surface area contributed by atoms with E-state index in [1.165, 1.54) is 0 Å². The zero-order chi connectivity index (χ0) is 14.4. The molecule has 0 saturated carbocycles. The first-order valence-electron chi connectivity index (χ1n) is 6.52. The number of nitrogens with one attached hydrogen (secondary N) is 1. The van der Waals surface area contributed by atoms with Gasteiger partial charge < -0.3 is 9.73 Å². The van der Waals surface area contributed by atoms with Gasteiger partial charge in [-0.15, -0.1) is 10.2 Å². The van der Waals surface area contributed by atoms with E-state index in [1.54, 1.807) is 0 Å². The summed E-state index contributed by atoms with van der Waals surface area (Å²) >= 11 is 0. The number of carbonyl (C=O) groups is 1. The van der Waals surface area contributed by atoms with Gasteiger partial charge >= 0.3 is 0 Å². The summed E-state index contributed by atoms with van der Waals surface area (Å²) in [6.45, 7) is 3.27. The van der Waals surface area contributed by atoms with Gasteiger partial charge in [0.05, 0.1) is 13.1 Å². The molecule has 106 valence electrons. The van der Waals surface area contributed by atoms with Crippen molar-refractivity contribution in [3.8, 4) is 11.5 Å². The van der Waals surface area contributed by atoms with Crippen LogP contribution >= 0.6 is 0 Å². The quantitative estimate of drug-likeness (QED) is 0.859. The maximum atomic E-state index is 11.5. The van der Waals surface area contributed by atoms with Crippen LogP contribution in [0.4, 0.5) is 0 Å². The highest BCUT2D eigenvalue weighted by Gasteiger charge is 2.12. The molecule has 0 saturated heterocycles. The molecule has 0 bridgehead atoms. The molecule has 0 aliphatic rings. The number of amides is 1. The van der Waals surface area contributed by atoms with Crippen LogP contribution in [0.15, 0.2) is 34.7 Å². The minimum atomic E-state index is -0.0159. The normalized spacial score (nSPS) is 10.8. The zero-order valence-electron chi connectivity index (χ0n) is 11.7. The highest BCUT2D eigenvalue weighted by molar-refractivity contribution is 5.77. The highest BCUT2D eigenvalue weighted by Crippen LogP contribution is 2.17. The smallest absolute Gasteiger partial charge is 0.247 e. The molecule has 1 aromatic heterocycles. The lowest BCUT2D eigenvalue weighted by Crippen LogP contribution is -2.34. The van der Waals surface area contributed by atoms with Crippen LogP contribution in [0, 0.1) is 0 Å². The Morgan fingerprint density at radius 3 is 2.75 bits per heavy atom. The van der Waals surface area contributed by atoms with Crippen LogP contribution in [-0.2, 0) is 11.3 Å². The molecular formula is C14H18N4O2. The third-order valence-corrected chi connectivity index (χ3v) is 2.68. The Bertz CT molecular complexity index is 553. The number of carbonyl (C=O) groups excluding carboxylic acids is 1. The van der Waals surface area contributed by atoms with Gasteiger partial charge in [-0.3, -0.25) is 9.69 Å². The van der Waals surface area contributed by atoms with Crippen LogP contribution in [0.25, 0.3) is 11.5 Å². The van der Waals surface area contributed by atoms with Gasteiger partial charge in [0.2, 0.25) is 17.7 Å². The van der Waals surface area contributed by atoms with E-state index in [-0.39, 0.29) is 5.91 Å². The molecule has 6 heteroatoms. The second-order valence-corrected chi connectivity index (χ2v) is 4.49. The molecule has 1 heterocycles. The minimum absolute atomic E-state index is 0.0159. The standard InChI is InChI=1S/C14H18N4O2/c1-3-15-12(19)9-18(2)10-13-16-17-14(20-13)11-7-5-4-6-8-11/h4-8H,3,9-10H2,1-2H3,(H,15,19). The maximum Gasteiger partial charge on any atom is 0.247 e. The Hall–Kier alpha value is -2.21. The summed E-state index contributed by atoms with van der Waals surface area (Å²) in [4.78, 5) is 13.3. The molecule has 0 aliphatic carbocycles. The number of hydrogen-bond acceptors (Lipinski definition) is 5. The van der Waals surface area contributed by atoms with Crippen molar-refractivity contribution < 1.29 is 9.21 Å². The van der Waals surface area contributed by atoms with Gasteiger partial charge in [0.25, 0.3) is 0 Å². The molecule has 0 fully saturated rings. The van der Waals surface area contributed by atoms with E-state index in [0.29, 0.717) is 31.4 Å². The van der Waals surface area contributed by atoms with Gasteiger partial charge in [-0.05, 0) is 26.1 Å². The molecule has 0 atom stereocenters. The van der Waals surface area contributed by atoms with Crippen molar-refractivity contribution in [1.82, 2.24) is 20.4 Å². The third kappa shape index (κ3) is 3.89. The minimum Gasteiger partial charge on any atom is -0.419 e. The molecule has 0 unspecified atom stereocenters. The van der Waals surface area contributed by atoms with E-state index >= 15 is 0 Å². The second-order valence-electron chi connectivity index (χ2n) is 4.49. The molecule has 1 aromatic carbocycles. The number of likely N-dealkylation sites (N-methyl/N-ethyl adjacent to an activating group) is 2. The Morgan fingerprint density at radius 1 is 1.30 bits per heavy atom. The Morgan fingerprint density at radius 2 is 2.05 bits per heavy atom. The zero-order valence-corrected chi connectivity index (χ0v) is 11.7. The van der Waals surface area contributed by atoms with E-state index in [0.717, 1.165) is 5.56 Å². The SMILES string of the molecule is CCNC(=O)CN(C)Cc1nnc(-c2ccccc2)o1. The van der Waals surface area contributed by atoms with Crippen molar-refractivity contribution in [3.05, 3.63) is 36.2 Å². The summed E-state index contributed by atoms with van der Waals surface area (Å²) < 4.78 is 5.59. The van der Waals surface area contributed by atoms with E-state index < -0.39 is 0 Å². The predicted molar refractivity (Wildman–Crippen MR) is 74.8 cm³/mol. The molecule has 1 N–H and O–H groups in total. The van der Waals surface area contributed by atoms with Crippen LogP contribution in [0.3, 0.4) is 0 Å². The number of benzene rings is 1. The third-order valence-electron chi connectivity index (χ3n) is 2.68. The number of hydrogen-bond donors (Lipinski definition) is 1. The van der Waals surface area contributed by atoms with Crippen molar-refractivity contribution in [3.63, 3.8) is 0 Å². The lowest BCUT2D eigenvalue weighted by atomic mass is 10.2. The van der Waals surface area contributed by atoms with Gasteiger partial charge in [-0.2, -0.15) is 0 Å². The van der Waals surface area contributed by atoms with E-state index in [1.807, 2.05) is 49.2 Å². The van der Waals surface area contributed by atoms with E-state index in [2.05, 4.69) is 15.5 Å². The van der Waals surface area contributed by atoms with Gasteiger partial charge in [-0.25, -0.2) is 0 Å². The molecular weight excluding hydrogens is 256 g/mol. The number of rotatable bonds is 6. The number of aromatic nitrogens is 2. The van der Waals surface area contributed by atoms with Gasteiger partial charge in [0, 0.05) is 12.1 Å². The van der Waals surface area contributed by atoms with Gasteiger partial charge in [0.1, 0.15) is 0 Å². The lowest BCUT2D eigenvalue weighted by Gasteiger charge is -2.13. The Kier molecular flexibility index (Phi) is 4.84. The molecule has 2 rings (SSSR count). The van der Waals surface area contributed by atoms with Crippen molar-refractivity contribution in [2.45, 2.75) is 13.5 Å². The van der Waals surface area contributed by atoms with Crippen molar-refractivity contribution >= 4 is 5.91 Å². The summed E-state index contributed by atoms with van der Waals surface area (Å²) in [5.74, 6) is 0.973. The first-order chi connectivity index (χ1) is 9.69. The topological polar surface area (TPSA) is 71.3 Å². The van der Waals surface area contributed by atoms with Crippen LogP contribution in [0.1, 0.15) is 12.8 Å². The summed E-state index contributed by atoms with van der Waals surface area (Å²) in [7, 11) is 1.83. The summed E-state index contributed by atoms with van der Waals surface area (Å²) in [6.07, 6.45) is 0. The summed E-state index contributed by atoms with van der Waals surface area (Å²) in [5, 5.41) is 10.8. The average molecular weight is 274 g/mol. The van der Waals surface area contributed by atoms with Gasteiger partial charge in [0.15, 0.2) is 0 Å². The van der Waals surface area contributed by atoms with Crippen LogP contribution in [0.2, 0.25) is 0 Å². The van der Waals surface area contributed by atoms with Crippen LogP contribution in [0.5, 0.6) is 0 Å². The van der Waals surface area contributed by atoms with Crippen LogP contribution < -0.4 is 5.32 Å². The Labute approximate surface area is 117 Å². The predicted octanol–water partition coefficient (Wildman–Crippen LogP) is 1.30. The van der Waals surface area contributed by atoms with Crippen molar-refractivity contribution in [2.24, 2.45) is 0 Å². The molecule has 0 aliphatic heterocycles. The summed E-state index contributed by atoms with van der Waals surface area (Å²) in [5.41, 5.74) is 0.887. The Balaban J connectivity index is 1.94. The molecule has 0 spiro atoms. The van der Waals surface area contributed by atoms with E-state index in [9.17, 15) is 4.79 Å². The molecule has 2 aromatic rings. The fourth-order valence-corrected chi connectivity index (χ4v) is 1.80. The largest absolute Gasteiger partial charge is 0.419 e. The van der Waals surface area contributed by atoms with Crippen molar-refractivity contribution in [2.75, 3.05) is 20.1 Å². The fraction of sp³-hybridized carbons (Fsp3) is 0.357. The number of nitrogens with zero attached hydrogens (tertiary/aromatic N) is 3. The summed E-state index contributed by atoms with van der Waals surface area (Å²) in [6, 6.07) is 9.59. The van der Waals surface area contributed by atoms with E-state index in [4.69, 9.17) is 4.42 Å². The average Bonchev–Trinajstić information content (AvgIpc) is 2.88. The maximum absolute atomic E-state index is 11.5. The molecule has 0 radical (unpaired) electrons. The lowest BCUT2D eigenvalue weighted by molar-refractivity contribution is -0.122. The molecule has 1 amide bonds. The van der Waals surface area contributed by atoms with Gasteiger partial charge in [-0.1, -0.05) is 18.2 Å². The molecule has 6 nitrogen and oxygen atoms in total. The monoisotopic (exact) mass is 274 g/mol. The first-order valence-corrected chi connectivity index (χ1v) is 6.52. The second kappa shape index (κ2) is 6.81. The van der Waals surface area contributed by atoms with Crippen LogP contribution in [-0.4, -0.2) is 41.1 Å². The fourth-order valence-electron chi connectivity index (χ4n) is 1.80. The van der Waals surface area contributed by atoms with Crippen molar-refractivity contribution in [1.29, 1.82) is 0 Å². The highest BCUT2D eigenvalue weighted by atomic mass is 16.4. The first kappa shape index (κ1) is 14.2.